The van der Waals surface area contributed by atoms with Crippen LogP contribution < -0.4 is 5.32 Å². The minimum atomic E-state index is 0.115. The maximum atomic E-state index is 5.90. The van der Waals surface area contributed by atoms with Crippen LogP contribution in [0.15, 0.2) is 40.8 Å². The molecule has 1 atom stereocenters. The molecule has 0 radical (unpaired) electrons. The number of aryl methyl sites for hydroxylation is 1. The van der Waals surface area contributed by atoms with Gasteiger partial charge in [0, 0.05) is 0 Å². The van der Waals surface area contributed by atoms with Gasteiger partial charge in [0.05, 0.1) is 6.04 Å². The molecule has 2 nitrogen and oxygen atoms in total. The van der Waals surface area contributed by atoms with E-state index in [2.05, 4.69) is 63.3 Å². The van der Waals surface area contributed by atoms with E-state index in [1.165, 1.54) is 11.1 Å². The molecule has 2 rings (SSSR count). The van der Waals surface area contributed by atoms with Crippen molar-refractivity contribution in [3.63, 3.8) is 0 Å². The van der Waals surface area contributed by atoms with Gasteiger partial charge in [0.15, 0.2) is 0 Å². The van der Waals surface area contributed by atoms with Crippen molar-refractivity contribution >= 4 is 0 Å². The van der Waals surface area contributed by atoms with E-state index in [0.717, 1.165) is 24.5 Å². The van der Waals surface area contributed by atoms with Crippen molar-refractivity contribution in [1.82, 2.24) is 5.32 Å². The molecule has 1 unspecified atom stereocenters. The van der Waals surface area contributed by atoms with Crippen LogP contribution in [-0.4, -0.2) is 6.54 Å². The normalized spacial score (nSPS) is 13.4. The molecule has 0 amide bonds. The second-order valence-corrected chi connectivity index (χ2v) is 6.67. The Labute approximate surface area is 128 Å². The van der Waals surface area contributed by atoms with Crippen molar-refractivity contribution in [1.29, 1.82) is 0 Å². The Hall–Kier alpha value is -1.54. The topological polar surface area (TPSA) is 25.2 Å². The number of nitrogens with one attached hydrogen (secondary N) is 1. The Bertz CT molecular complexity index is 577. The first-order valence-electron chi connectivity index (χ1n) is 7.82. The lowest BCUT2D eigenvalue weighted by molar-refractivity contribution is 0.425. The van der Waals surface area contributed by atoms with Crippen molar-refractivity contribution in [3.8, 4) is 0 Å². The van der Waals surface area contributed by atoms with E-state index < -0.39 is 0 Å². The van der Waals surface area contributed by atoms with Crippen LogP contribution in [0.3, 0.4) is 0 Å². The quantitative estimate of drug-likeness (QED) is 0.838. The number of hydrogen-bond donors (Lipinski definition) is 1. The molecular weight excluding hydrogens is 258 g/mol. The molecule has 1 aromatic carbocycles. The molecule has 1 aromatic heterocycles. The Morgan fingerprint density at radius 2 is 1.81 bits per heavy atom. The molecule has 114 valence electrons. The van der Waals surface area contributed by atoms with Gasteiger partial charge in [0.25, 0.3) is 0 Å². The second-order valence-electron chi connectivity index (χ2n) is 6.67. The van der Waals surface area contributed by atoms with E-state index in [1.807, 2.05) is 13.0 Å². The molecule has 2 heteroatoms. The summed E-state index contributed by atoms with van der Waals surface area (Å²) in [6, 6.07) is 12.9. The van der Waals surface area contributed by atoms with E-state index in [0.29, 0.717) is 0 Å². The van der Waals surface area contributed by atoms with E-state index in [4.69, 9.17) is 4.42 Å². The van der Waals surface area contributed by atoms with Gasteiger partial charge in [0.2, 0.25) is 0 Å². The third kappa shape index (κ3) is 3.76. The van der Waals surface area contributed by atoms with E-state index >= 15 is 0 Å². The van der Waals surface area contributed by atoms with Gasteiger partial charge in [-0.15, -0.1) is 0 Å². The second kappa shape index (κ2) is 6.48. The van der Waals surface area contributed by atoms with Crippen molar-refractivity contribution in [3.05, 3.63) is 59.0 Å². The summed E-state index contributed by atoms with van der Waals surface area (Å²) >= 11 is 0. The van der Waals surface area contributed by atoms with Gasteiger partial charge in [-0.25, -0.2) is 0 Å². The van der Waals surface area contributed by atoms with Crippen LogP contribution in [0, 0.1) is 6.92 Å². The molecule has 0 aliphatic rings. The first-order valence-corrected chi connectivity index (χ1v) is 7.82. The van der Waals surface area contributed by atoms with Gasteiger partial charge in [-0.1, -0.05) is 52.0 Å². The van der Waals surface area contributed by atoms with Crippen LogP contribution in [0.2, 0.25) is 0 Å². The summed E-state index contributed by atoms with van der Waals surface area (Å²) in [6.45, 7) is 11.9. The predicted octanol–water partition coefficient (Wildman–Crippen LogP) is 4.97. The van der Waals surface area contributed by atoms with E-state index in [1.54, 1.807) is 0 Å². The third-order valence-corrected chi connectivity index (χ3v) is 3.72. The largest absolute Gasteiger partial charge is 0.464 e. The zero-order valence-corrected chi connectivity index (χ0v) is 13.9. The summed E-state index contributed by atoms with van der Waals surface area (Å²) in [5.41, 5.74) is 2.80. The predicted molar refractivity (Wildman–Crippen MR) is 88.7 cm³/mol. The molecule has 21 heavy (non-hydrogen) atoms. The molecule has 0 aliphatic heterocycles. The van der Waals surface area contributed by atoms with Crippen molar-refractivity contribution in [2.75, 3.05) is 6.54 Å². The molecule has 1 heterocycles. The molecule has 1 N–H and O–H groups in total. The average Bonchev–Trinajstić information content (AvgIpc) is 2.85. The lowest BCUT2D eigenvalue weighted by Crippen LogP contribution is -2.26. The lowest BCUT2D eigenvalue weighted by Gasteiger charge is -2.27. The molecule has 0 saturated carbocycles. The van der Waals surface area contributed by atoms with Gasteiger partial charge >= 0.3 is 0 Å². The summed E-state index contributed by atoms with van der Waals surface area (Å²) in [4.78, 5) is 0. The fourth-order valence-corrected chi connectivity index (χ4v) is 2.69. The maximum absolute atomic E-state index is 5.90. The fourth-order valence-electron chi connectivity index (χ4n) is 2.69. The van der Waals surface area contributed by atoms with Crippen molar-refractivity contribution in [2.45, 2.75) is 52.5 Å². The van der Waals surface area contributed by atoms with Gasteiger partial charge in [0.1, 0.15) is 11.5 Å². The molecular formula is C19H27NO. The highest BCUT2D eigenvalue weighted by Gasteiger charge is 2.24. The average molecular weight is 285 g/mol. The fraction of sp³-hybridized carbons (Fsp3) is 0.474. The molecule has 0 saturated heterocycles. The Kier molecular flexibility index (Phi) is 4.89. The highest BCUT2D eigenvalue weighted by molar-refractivity contribution is 5.38. The highest BCUT2D eigenvalue weighted by Crippen LogP contribution is 2.33. The molecule has 0 aliphatic carbocycles. The van der Waals surface area contributed by atoms with Gasteiger partial charge in [-0.05, 0) is 48.6 Å². The summed E-state index contributed by atoms with van der Waals surface area (Å²) in [5, 5.41) is 3.63. The highest BCUT2D eigenvalue weighted by atomic mass is 16.3. The standard InChI is InChI=1S/C19H27NO/c1-6-13-20-18(17-12-11-14(2)21-17)15-9-7-8-10-16(15)19(3,4)5/h7-12,18,20H,6,13H2,1-5H3. The zero-order valence-electron chi connectivity index (χ0n) is 13.9. The summed E-state index contributed by atoms with van der Waals surface area (Å²) in [5.74, 6) is 1.96. The van der Waals surface area contributed by atoms with Crippen LogP contribution in [0.25, 0.3) is 0 Å². The monoisotopic (exact) mass is 285 g/mol. The van der Waals surface area contributed by atoms with Crippen molar-refractivity contribution < 1.29 is 4.42 Å². The molecule has 2 aromatic rings. The van der Waals surface area contributed by atoms with Crippen LogP contribution in [0.1, 0.15) is 62.8 Å². The Morgan fingerprint density at radius 1 is 1.10 bits per heavy atom. The van der Waals surface area contributed by atoms with Crippen LogP contribution in [-0.2, 0) is 5.41 Å². The SMILES string of the molecule is CCCNC(c1ccc(C)o1)c1ccccc1C(C)(C)C. The van der Waals surface area contributed by atoms with Gasteiger partial charge in [-0.3, -0.25) is 0 Å². The van der Waals surface area contributed by atoms with Crippen LogP contribution >= 0.6 is 0 Å². The summed E-state index contributed by atoms with van der Waals surface area (Å²) in [6.07, 6.45) is 1.11. The van der Waals surface area contributed by atoms with E-state index in [9.17, 15) is 0 Å². The van der Waals surface area contributed by atoms with Crippen LogP contribution in [0.4, 0.5) is 0 Å². The molecule has 0 fully saturated rings. The van der Waals surface area contributed by atoms with Gasteiger partial charge < -0.3 is 9.73 Å². The first-order chi connectivity index (χ1) is 9.93. The smallest absolute Gasteiger partial charge is 0.125 e. The lowest BCUT2D eigenvalue weighted by atomic mass is 9.81. The summed E-state index contributed by atoms with van der Waals surface area (Å²) in [7, 11) is 0. The number of benzene rings is 1. The van der Waals surface area contributed by atoms with Crippen molar-refractivity contribution in [2.24, 2.45) is 0 Å². The zero-order chi connectivity index (χ0) is 15.5. The third-order valence-electron chi connectivity index (χ3n) is 3.72. The molecule has 0 bridgehead atoms. The van der Waals surface area contributed by atoms with E-state index in [-0.39, 0.29) is 11.5 Å². The number of rotatable bonds is 5. The number of furan rings is 1. The minimum Gasteiger partial charge on any atom is -0.464 e. The number of hydrogen-bond acceptors (Lipinski definition) is 2. The first kappa shape index (κ1) is 15.8. The van der Waals surface area contributed by atoms with Crippen LogP contribution in [0.5, 0.6) is 0 Å². The minimum absolute atomic E-state index is 0.115. The van der Waals surface area contributed by atoms with Gasteiger partial charge in [-0.2, -0.15) is 0 Å². The summed E-state index contributed by atoms with van der Waals surface area (Å²) < 4.78 is 5.90. The Morgan fingerprint density at radius 3 is 2.38 bits per heavy atom. The molecule has 0 spiro atoms. The maximum Gasteiger partial charge on any atom is 0.125 e. The Balaban J connectivity index is 2.46.